The van der Waals surface area contributed by atoms with Crippen molar-refractivity contribution in [2.75, 3.05) is 60.8 Å². The van der Waals surface area contributed by atoms with Crippen molar-refractivity contribution in [2.24, 2.45) is 0 Å². The summed E-state index contributed by atoms with van der Waals surface area (Å²) in [5.41, 5.74) is 3.08. The van der Waals surface area contributed by atoms with E-state index in [9.17, 15) is 43.2 Å². The third-order valence-corrected chi connectivity index (χ3v) is 13.4. The van der Waals surface area contributed by atoms with Crippen LogP contribution in [-0.4, -0.2) is 169 Å². The highest BCUT2D eigenvalue weighted by molar-refractivity contribution is 5.87. The van der Waals surface area contributed by atoms with E-state index >= 15 is 0 Å². The van der Waals surface area contributed by atoms with Gasteiger partial charge in [-0.15, -0.1) is 0 Å². The van der Waals surface area contributed by atoms with E-state index in [0.29, 0.717) is 73.0 Å². The quantitative estimate of drug-likeness (QED) is 0.0139. The van der Waals surface area contributed by atoms with Gasteiger partial charge in [0.1, 0.15) is 34.9 Å². The van der Waals surface area contributed by atoms with Crippen molar-refractivity contribution in [3.05, 3.63) is 69.8 Å². The molecule has 1 aliphatic carbocycles. The molecule has 0 bridgehead atoms. The molecule has 9 N–H and O–H groups in total. The van der Waals surface area contributed by atoms with Gasteiger partial charge in [0.15, 0.2) is 53.2 Å². The van der Waals surface area contributed by atoms with Crippen LogP contribution in [0.1, 0.15) is 156 Å². The number of fused-ring (bicyclic) bond motifs is 3. The van der Waals surface area contributed by atoms with E-state index in [0.717, 1.165) is 33.4 Å². The zero-order valence-corrected chi connectivity index (χ0v) is 58.5. The van der Waals surface area contributed by atoms with E-state index in [4.69, 9.17) is 56.8 Å². The molecule has 3 aromatic carbocycles. The van der Waals surface area contributed by atoms with Crippen LogP contribution in [0, 0.1) is 0 Å². The van der Waals surface area contributed by atoms with Gasteiger partial charge in [0.2, 0.25) is 17.7 Å². The fourth-order valence-electron chi connectivity index (χ4n) is 9.01. The number of rotatable bonds is 30. The lowest BCUT2D eigenvalue weighted by molar-refractivity contribution is -0.126. The van der Waals surface area contributed by atoms with E-state index in [1.54, 1.807) is 62.3 Å². The molecule has 3 aromatic rings. The number of hydrogen-bond donors (Lipinski definition) is 9. The predicted molar refractivity (Wildman–Crippen MR) is 350 cm³/mol. The van der Waals surface area contributed by atoms with Gasteiger partial charge in [0.05, 0.1) is 41.2 Å². The first-order chi connectivity index (χ1) is 44.9. The predicted octanol–water partition coefficient (Wildman–Crippen LogP) is 7.41. The summed E-state index contributed by atoms with van der Waals surface area (Å²) in [6.45, 7) is 25.0. The second-order valence-electron chi connectivity index (χ2n) is 25.5. The van der Waals surface area contributed by atoms with Crippen LogP contribution in [0.15, 0.2) is 36.4 Å². The molecule has 0 spiro atoms. The number of amides is 9. The Morgan fingerprint density at radius 3 is 0.771 bits per heavy atom. The number of methoxy groups -OCH3 is 3. The fourth-order valence-corrected chi connectivity index (χ4v) is 9.01. The maximum absolute atomic E-state index is 12.7. The molecule has 9 amide bonds. The van der Waals surface area contributed by atoms with E-state index < -0.39 is 108 Å². The second kappa shape index (κ2) is 37.0. The number of alkyl carbamates (subject to hydrolysis) is 6. The molecule has 96 heavy (non-hydrogen) atoms. The van der Waals surface area contributed by atoms with Gasteiger partial charge in [-0.25, -0.2) is 28.8 Å². The molecule has 0 saturated carbocycles. The monoisotopic (exact) mass is 1350 g/mol. The molecule has 0 radical (unpaired) electrons. The van der Waals surface area contributed by atoms with Crippen LogP contribution in [0.4, 0.5) is 28.8 Å². The summed E-state index contributed by atoms with van der Waals surface area (Å²) in [5, 5.41) is 22.8. The first-order valence-electron chi connectivity index (χ1n) is 31.7. The van der Waals surface area contributed by atoms with Gasteiger partial charge in [0, 0.05) is 19.6 Å². The van der Waals surface area contributed by atoms with Gasteiger partial charge in [-0.2, -0.15) is 0 Å². The van der Waals surface area contributed by atoms with Crippen molar-refractivity contribution >= 4 is 54.3 Å². The van der Waals surface area contributed by atoms with Crippen LogP contribution in [-0.2, 0) is 62.1 Å². The molecular formula is C66H99N9O21. The minimum atomic E-state index is -1.03. The van der Waals surface area contributed by atoms with E-state index in [1.165, 1.54) is 62.9 Å². The Kier molecular flexibility index (Phi) is 30.4. The summed E-state index contributed by atoms with van der Waals surface area (Å²) < 4.78 is 68.3. The van der Waals surface area contributed by atoms with E-state index in [2.05, 4.69) is 47.9 Å². The lowest BCUT2D eigenvalue weighted by Crippen LogP contribution is -2.49. The highest BCUT2D eigenvalue weighted by Gasteiger charge is 2.28. The molecule has 0 heterocycles. The largest absolute Gasteiger partial charge is 0.493 e. The maximum atomic E-state index is 12.7. The number of nitrogens with one attached hydrogen (secondary N) is 9. The van der Waals surface area contributed by atoms with Crippen molar-refractivity contribution in [1.29, 1.82) is 0 Å². The molecule has 6 atom stereocenters. The first-order valence-corrected chi connectivity index (χ1v) is 31.7. The van der Waals surface area contributed by atoms with Gasteiger partial charge in [-0.05, 0) is 212 Å². The Hall–Kier alpha value is -9.51. The lowest BCUT2D eigenvalue weighted by Gasteiger charge is -2.22. The molecule has 30 nitrogen and oxygen atoms in total. The molecule has 30 heteroatoms. The van der Waals surface area contributed by atoms with Crippen molar-refractivity contribution in [1.82, 2.24) is 47.9 Å². The number of hydrogen-bond acceptors (Lipinski definition) is 21. The zero-order chi connectivity index (χ0) is 71.7. The Labute approximate surface area is 561 Å². The topological polar surface area (TPSA) is 373 Å². The molecule has 0 saturated heterocycles. The third kappa shape index (κ3) is 28.6. The molecule has 0 unspecified atom stereocenters. The summed E-state index contributed by atoms with van der Waals surface area (Å²) in [6.07, 6.45) is -5.53. The summed E-state index contributed by atoms with van der Waals surface area (Å²) in [4.78, 5) is 113. The molecule has 4 rings (SSSR count). The zero-order valence-electron chi connectivity index (χ0n) is 58.5. The van der Waals surface area contributed by atoms with Gasteiger partial charge >= 0.3 is 36.6 Å². The average molecular weight is 1350 g/mol. The standard InChI is InChI=1S/C66H99N9O21/c1-37(70-61(82)94-64(7,8)9)55(76)73-40(4)91-58(79)67-22-19-25-88-52-34-46-28-44-32-50(86-17)54(90-27-21-24-69-60(81)93-42(6)75-57(78)39(3)72-63(84)96-66(13,14)15)36-48(44)30-45-33-51(87-18)53(35-47(45)29-43(46)31-49(52)85-16)89-26-20-23-68-59(80)92-41(5)74-56(77)38(2)71-62(83)95-65(10,11)12/h31-42H,19-30H2,1-18H3,(H,67,79)(H,68,80)(H,69,81)(H,70,82)(H,71,83)(H,72,84)(H,73,76)(H,74,77)(H,75,78)/t37-,38-,39-,40-,41-,42-/m0/s1. The molecular weight excluding hydrogens is 1250 g/mol. The van der Waals surface area contributed by atoms with Crippen molar-refractivity contribution in [3.8, 4) is 34.5 Å². The highest BCUT2D eigenvalue weighted by Crippen LogP contribution is 2.41. The summed E-state index contributed by atoms with van der Waals surface area (Å²) in [7, 11) is 4.60. The van der Waals surface area contributed by atoms with Crippen molar-refractivity contribution in [3.63, 3.8) is 0 Å². The SMILES string of the molecule is COc1cc2c(cc1OCCCNC(=O)O[C@@H](C)NC(=O)[C@H](C)NC(=O)OC(C)(C)C)Cc1cc(OC)c(OCCCNC(=O)O[C@@H](C)NC(=O)[C@H](C)NC(=O)OC(C)(C)C)cc1Cc1cc(OC)c(OCCCNC(=O)O[C@@H](C)NC(=O)[C@H](C)NC(=O)OC(C)(C)C)cc1C2. The maximum Gasteiger partial charge on any atom is 0.409 e. The van der Waals surface area contributed by atoms with Crippen LogP contribution >= 0.6 is 0 Å². The fraction of sp³-hybridized carbons (Fsp3) is 0.591. The van der Waals surface area contributed by atoms with E-state index in [1.807, 2.05) is 36.4 Å². The van der Waals surface area contributed by atoms with Crippen LogP contribution in [0.3, 0.4) is 0 Å². The normalized spacial score (nSPS) is 13.7. The minimum absolute atomic E-state index is 0.148. The molecule has 534 valence electrons. The third-order valence-electron chi connectivity index (χ3n) is 13.4. The number of carbonyl (C=O) groups excluding carboxylic acids is 9. The van der Waals surface area contributed by atoms with Crippen molar-refractivity contribution in [2.45, 2.75) is 196 Å². The molecule has 0 aliphatic heterocycles. The smallest absolute Gasteiger partial charge is 0.409 e. The van der Waals surface area contributed by atoms with Crippen LogP contribution in [0.5, 0.6) is 34.5 Å². The second-order valence-corrected chi connectivity index (χ2v) is 25.5. The number of ether oxygens (including phenoxy) is 12. The Balaban J connectivity index is 1.50. The van der Waals surface area contributed by atoms with E-state index in [-0.39, 0.29) is 39.5 Å². The Morgan fingerprint density at radius 1 is 0.344 bits per heavy atom. The number of carbonyl (C=O) groups is 9. The van der Waals surface area contributed by atoms with Crippen LogP contribution in [0.2, 0.25) is 0 Å². The molecule has 0 aromatic heterocycles. The van der Waals surface area contributed by atoms with Gasteiger partial charge in [-0.3, -0.25) is 14.4 Å². The van der Waals surface area contributed by atoms with Gasteiger partial charge in [-0.1, -0.05) is 0 Å². The first kappa shape index (κ1) is 78.9. The summed E-state index contributed by atoms with van der Waals surface area (Å²) >= 11 is 0. The molecule has 1 aliphatic rings. The number of benzene rings is 3. The lowest BCUT2D eigenvalue weighted by atomic mass is 9.94. The van der Waals surface area contributed by atoms with Gasteiger partial charge < -0.3 is 105 Å². The Bertz CT molecular complexity index is 2830. The molecule has 0 fully saturated rings. The van der Waals surface area contributed by atoms with Crippen molar-refractivity contribution < 1.29 is 100.0 Å². The summed E-state index contributed by atoms with van der Waals surface area (Å²) in [5.74, 6) is 0.881. The van der Waals surface area contributed by atoms with Gasteiger partial charge in [0.25, 0.3) is 0 Å². The minimum Gasteiger partial charge on any atom is -0.493 e. The van der Waals surface area contributed by atoms with Crippen LogP contribution in [0.25, 0.3) is 0 Å². The Morgan fingerprint density at radius 2 is 0.562 bits per heavy atom. The average Bonchev–Trinajstić information content (AvgIpc) is 1.41. The summed E-state index contributed by atoms with van der Waals surface area (Å²) in [6, 6.07) is 8.57. The highest BCUT2D eigenvalue weighted by atomic mass is 16.6. The van der Waals surface area contributed by atoms with Crippen LogP contribution < -0.4 is 76.3 Å².